The Kier molecular flexibility index (Phi) is 5.11. The smallest absolute Gasteiger partial charge is 0.163 e. The van der Waals surface area contributed by atoms with Crippen LogP contribution in [0.2, 0.25) is 0 Å². The summed E-state index contributed by atoms with van der Waals surface area (Å²) in [6.07, 6.45) is 3.65. The summed E-state index contributed by atoms with van der Waals surface area (Å²) in [5.41, 5.74) is 2.52. The van der Waals surface area contributed by atoms with Crippen molar-refractivity contribution >= 4 is 15.9 Å². The van der Waals surface area contributed by atoms with Crippen LogP contribution in [0.4, 0.5) is 0 Å². The van der Waals surface area contributed by atoms with Crippen molar-refractivity contribution in [2.45, 2.75) is 26.2 Å². The summed E-state index contributed by atoms with van der Waals surface area (Å²) in [5.74, 6) is 2.35. The minimum atomic E-state index is 0.710. The summed E-state index contributed by atoms with van der Waals surface area (Å²) in [5, 5.41) is 3.47. The van der Waals surface area contributed by atoms with Crippen LogP contribution in [0.1, 0.15) is 24.0 Å². The van der Waals surface area contributed by atoms with Crippen molar-refractivity contribution in [2.24, 2.45) is 5.92 Å². The first-order valence-corrected chi connectivity index (χ1v) is 7.57. The van der Waals surface area contributed by atoms with Crippen molar-refractivity contribution in [3.63, 3.8) is 0 Å². The molecule has 1 aliphatic heterocycles. The average molecular weight is 328 g/mol. The van der Waals surface area contributed by atoms with Crippen LogP contribution >= 0.6 is 15.9 Å². The zero-order valence-electron chi connectivity index (χ0n) is 11.9. The number of halogens is 1. The van der Waals surface area contributed by atoms with Crippen LogP contribution < -0.4 is 14.8 Å². The van der Waals surface area contributed by atoms with Crippen molar-refractivity contribution in [1.29, 1.82) is 0 Å². The van der Waals surface area contributed by atoms with E-state index >= 15 is 0 Å². The molecular weight excluding hydrogens is 306 g/mol. The van der Waals surface area contributed by atoms with Gasteiger partial charge in [-0.2, -0.15) is 0 Å². The van der Waals surface area contributed by atoms with Crippen LogP contribution in [0.3, 0.4) is 0 Å². The van der Waals surface area contributed by atoms with Gasteiger partial charge in [-0.3, -0.25) is 0 Å². The van der Waals surface area contributed by atoms with Gasteiger partial charge in [-0.15, -0.1) is 0 Å². The van der Waals surface area contributed by atoms with E-state index in [2.05, 4.69) is 28.2 Å². The molecule has 19 heavy (non-hydrogen) atoms. The normalized spacial score (nSPS) is 19.3. The quantitative estimate of drug-likeness (QED) is 0.920. The molecule has 2 rings (SSSR count). The highest BCUT2D eigenvalue weighted by Crippen LogP contribution is 2.39. The number of hydrogen-bond donors (Lipinski definition) is 1. The minimum absolute atomic E-state index is 0.710. The maximum atomic E-state index is 5.49. The van der Waals surface area contributed by atoms with Crippen molar-refractivity contribution in [2.75, 3.05) is 27.3 Å². The first-order valence-electron chi connectivity index (χ1n) is 6.78. The fraction of sp³-hybridized carbons (Fsp3) is 0.600. The van der Waals surface area contributed by atoms with Gasteiger partial charge in [-0.25, -0.2) is 0 Å². The van der Waals surface area contributed by atoms with Crippen molar-refractivity contribution < 1.29 is 9.47 Å². The molecule has 1 aromatic rings. The van der Waals surface area contributed by atoms with Gasteiger partial charge in [-0.1, -0.05) is 15.9 Å². The molecule has 1 unspecified atom stereocenters. The van der Waals surface area contributed by atoms with Crippen molar-refractivity contribution in [1.82, 2.24) is 5.32 Å². The highest BCUT2D eigenvalue weighted by Gasteiger charge is 2.20. The molecule has 0 bridgehead atoms. The van der Waals surface area contributed by atoms with Crippen LogP contribution in [-0.4, -0.2) is 27.3 Å². The Balaban J connectivity index is 2.28. The molecule has 1 fully saturated rings. The third-order valence-electron chi connectivity index (χ3n) is 3.88. The molecule has 0 radical (unpaired) electrons. The molecule has 3 nitrogen and oxygen atoms in total. The summed E-state index contributed by atoms with van der Waals surface area (Å²) in [7, 11) is 3.37. The minimum Gasteiger partial charge on any atom is -0.493 e. The Morgan fingerprint density at radius 1 is 1.37 bits per heavy atom. The molecule has 0 spiro atoms. The maximum absolute atomic E-state index is 5.49. The zero-order chi connectivity index (χ0) is 13.8. The zero-order valence-corrected chi connectivity index (χ0v) is 13.5. The molecule has 1 aliphatic rings. The first kappa shape index (κ1) is 14.7. The van der Waals surface area contributed by atoms with E-state index < -0.39 is 0 Å². The third kappa shape index (κ3) is 3.23. The first-order chi connectivity index (χ1) is 9.17. The van der Waals surface area contributed by atoms with Gasteiger partial charge in [0.15, 0.2) is 11.5 Å². The summed E-state index contributed by atoms with van der Waals surface area (Å²) in [6, 6.07) is 2.01. The Hall–Kier alpha value is -0.740. The molecule has 1 atom stereocenters. The summed E-state index contributed by atoms with van der Waals surface area (Å²) in [6.45, 7) is 4.38. The van der Waals surface area contributed by atoms with E-state index in [0.29, 0.717) is 5.92 Å². The molecule has 1 N–H and O–H groups in total. The van der Waals surface area contributed by atoms with E-state index in [4.69, 9.17) is 9.47 Å². The van der Waals surface area contributed by atoms with Gasteiger partial charge in [0.05, 0.1) is 14.2 Å². The summed E-state index contributed by atoms with van der Waals surface area (Å²) in [4.78, 5) is 0. The number of benzene rings is 1. The number of ether oxygens (including phenoxy) is 2. The van der Waals surface area contributed by atoms with Crippen LogP contribution in [0.15, 0.2) is 10.5 Å². The molecular formula is C15H22BrNO2. The highest BCUT2D eigenvalue weighted by molar-refractivity contribution is 9.10. The SMILES string of the molecule is COc1cc(Br)c(CC2CCCNC2)c(C)c1OC. The Morgan fingerprint density at radius 2 is 2.16 bits per heavy atom. The second-order valence-corrected chi connectivity index (χ2v) is 5.97. The van der Waals surface area contributed by atoms with Crippen LogP contribution in [0.5, 0.6) is 11.5 Å². The molecule has 106 valence electrons. The lowest BCUT2D eigenvalue weighted by molar-refractivity contribution is 0.349. The largest absolute Gasteiger partial charge is 0.493 e. The van der Waals surface area contributed by atoms with Gasteiger partial charge in [0.25, 0.3) is 0 Å². The molecule has 0 aromatic heterocycles. The van der Waals surface area contributed by atoms with Gasteiger partial charge in [0.1, 0.15) is 0 Å². The molecule has 1 heterocycles. The lowest BCUT2D eigenvalue weighted by atomic mass is 9.90. The summed E-state index contributed by atoms with van der Waals surface area (Å²) >= 11 is 3.67. The Bertz CT molecular complexity index is 442. The van der Waals surface area contributed by atoms with Gasteiger partial charge in [-0.05, 0) is 62.4 Å². The second-order valence-electron chi connectivity index (χ2n) is 5.11. The molecule has 0 aliphatic carbocycles. The number of rotatable bonds is 4. The lowest BCUT2D eigenvalue weighted by Gasteiger charge is -2.25. The van der Waals surface area contributed by atoms with Gasteiger partial charge in [0, 0.05) is 4.47 Å². The molecule has 4 heteroatoms. The number of nitrogens with one attached hydrogen (secondary N) is 1. The van der Waals surface area contributed by atoms with E-state index in [-0.39, 0.29) is 0 Å². The average Bonchev–Trinajstić information content (AvgIpc) is 2.44. The second kappa shape index (κ2) is 6.62. The van der Waals surface area contributed by atoms with Crippen LogP contribution in [0, 0.1) is 12.8 Å². The van der Waals surface area contributed by atoms with E-state index in [9.17, 15) is 0 Å². The topological polar surface area (TPSA) is 30.5 Å². The predicted octanol–water partition coefficient (Wildman–Crippen LogP) is 3.32. The Morgan fingerprint density at radius 3 is 2.74 bits per heavy atom. The number of methoxy groups -OCH3 is 2. The van der Waals surface area contributed by atoms with E-state index in [1.165, 1.54) is 24.0 Å². The summed E-state index contributed by atoms with van der Waals surface area (Å²) < 4.78 is 12.0. The van der Waals surface area contributed by atoms with Crippen LogP contribution in [-0.2, 0) is 6.42 Å². The van der Waals surface area contributed by atoms with E-state index in [0.717, 1.165) is 35.5 Å². The number of hydrogen-bond acceptors (Lipinski definition) is 3. The molecule has 1 saturated heterocycles. The van der Waals surface area contributed by atoms with Crippen LogP contribution in [0.25, 0.3) is 0 Å². The lowest BCUT2D eigenvalue weighted by Crippen LogP contribution is -2.31. The fourth-order valence-electron chi connectivity index (χ4n) is 2.81. The monoisotopic (exact) mass is 327 g/mol. The fourth-order valence-corrected chi connectivity index (χ4v) is 3.48. The molecule has 0 amide bonds. The highest BCUT2D eigenvalue weighted by atomic mass is 79.9. The maximum Gasteiger partial charge on any atom is 0.163 e. The van der Waals surface area contributed by atoms with Crippen molar-refractivity contribution in [3.05, 3.63) is 21.7 Å². The van der Waals surface area contributed by atoms with Gasteiger partial charge < -0.3 is 14.8 Å². The van der Waals surface area contributed by atoms with Crippen molar-refractivity contribution in [3.8, 4) is 11.5 Å². The molecule has 0 saturated carbocycles. The number of piperidine rings is 1. The Labute approximate surface area is 123 Å². The van der Waals surface area contributed by atoms with Gasteiger partial charge >= 0.3 is 0 Å². The van der Waals surface area contributed by atoms with Gasteiger partial charge in [0.2, 0.25) is 0 Å². The van der Waals surface area contributed by atoms with E-state index in [1.807, 2.05) is 6.07 Å². The standard InChI is InChI=1S/C15H22BrNO2/c1-10-12(7-11-5-4-6-17-9-11)13(16)8-14(18-2)15(10)19-3/h8,11,17H,4-7,9H2,1-3H3. The predicted molar refractivity (Wildman–Crippen MR) is 81.3 cm³/mol. The van der Waals surface area contributed by atoms with E-state index in [1.54, 1.807) is 14.2 Å². The molecule has 1 aromatic carbocycles. The third-order valence-corrected chi connectivity index (χ3v) is 4.59.